The van der Waals surface area contributed by atoms with Crippen molar-refractivity contribution in [3.8, 4) is 11.4 Å². The quantitative estimate of drug-likeness (QED) is 0.578. The lowest BCUT2D eigenvalue weighted by Crippen LogP contribution is -2.23. The number of carbonyl (C=O) groups is 1. The molecular weight excluding hydrogens is 416 g/mol. The summed E-state index contributed by atoms with van der Waals surface area (Å²) in [5.74, 6) is -0.0472. The minimum absolute atomic E-state index is 0.239. The Hall–Kier alpha value is -3.45. The lowest BCUT2D eigenvalue weighted by Gasteiger charge is -2.18. The number of halogens is 1. The van der Waals surface area contributed by atoms with Crippen LogP contribution in [0.1, 0.15) is 35.2 Å². The lowest BCUT2D eigenvalue weighted by atomic mass is 9.95. The average Bonchev–Trinajstić information content (AvgIpc) is 3.07. The van der Waals surface area contributed by atoms with Gasteiger partial charge in [-0.3, -0.25) is 14.4 Å². The summed E-state index contributed by atoms with van der Waals surface area (Å²) in [5.41, 5.74) is 3.03. The molecule has 1 aromatic heterocycles. The van der Waals surface area contributed by atoms with Gasteiger partial charge in [-0.1, -0.05) is 29.8 Å². The van der Waals surface area contributed by atoms with E-state index in [0.29, 0.717) is 28.1 Å². The Kier molecular flexibility index (Phi) is 5.61. The van der Waals surface area contributed by atoms with Gasteiger partial charge in [-0.15, -0.1) is 16.8 Å². The molecule has 2 aromatic carbocycles. The standard InChI is InChI=1S/C23H21ClN4O3/c1-4-5-17(23(29)30)21-22-27-26-13(2)28(22)19-11-10-16(31-3)12-18(19)20(25-21)14-6-8-15(24)9-7-14/h4,6-12,17,21H,1,5H2,2-3H3,(H,29,30)/t17-,21+/m1/s1. The Morgan fingerprint density at radius 3 is 2.68 bits per heavy atom. The number of aliphatic carboxylic acids is 1. The molecular formula is C23H21ClN4O3. The molecule has 2 heterocycles. The molecule has 7 nitrogen and oxygen atoms in total. The first-order valence-corrected chi connectivity index (χ1v) is 10.1. The number of aryl methyl sites for hydroxylation is 1. The second kappa shape index (κ2) is 8.35. The van der Waals surface area contributed by atoms with E-state index in [2.05, 4.69) is 16.8 Å². The topological polar surface area (TPSA) is 89.6 Å². The second-order valence-electron chi connectivity index (χ2n) is 7.22. The van der Waals surface area contributed by atoms with Crippen LogP contribution in [0.2, 0.25) is 5.02 Å². The summed E-state index contributed by atoms with van der Waals surface area (Å²) in [4.78, 5) is 17.1. The molecule has 0 saturated heterocycles. The van der Waals surface area contributed by atoms with Crippen LogP contribution in [-0.2, 0) is 4.79 Å². The van der Waals surface area contributed by atoms with Crippen molar-refractivity contribution in [3.63, 3.8) is 0 Å². The van der Waals surface area contributed by atoms with E-state index in [-0.39, 0.29) is 6.42 Å². The molecule has 8 heteroatoms. The number of aromatic nitrogens is 3. The van der Waals surface area contributed by atoms with E-state index in [4.69, 9.17) is 21.3 Å². The predicted molar refractivity (Wildman–Crippen MR) is 118 cm³/mol. The zero-order chi connectivity index (χ0) is 22.1. The fourth-order valence-electron chi connectivity index (χ4n) is 3.81. The van der Waals surface area contributed by atoms with E-state index in [9.17, 15) is 9.90 Å². The number of carboxylic acids is 1. The molecule has 31 heavy (non-hydrogen) atoms. The first kappa shape index (κ1) is 20.8. The van der Waals surface area contributed by atoms with Crippen molar-refractivity contribution >= 4 is 23.3 Å². The number of hydrogen-bond acceptors (Lipinski definition) is 5. The molecule has 0 fully saturated rings. The molecule has 0 unspecified atom stereocenters. The van der Waals surface area contributed by atoms with Gasteiger partial charge in [-0.05, 0) is 43.7 Å². The Bertz CT molecular complexity index is 1180. The number of ether oxygens (including phenoxy) is 1. The van der Waals surface area contributed by atoms with E-state index in [1.54, 1.807) is 25.3 Å². The monoisotopic (exact) mass is 436 g/mol. The number of carboxylic acid groups (broad SMARTS) is 1. The zero-order valence-corrected chi connectivity index (χ0v) is 17.9. The molecule has 0 radical (unpaired) electrons. The van der Waals surface area contributed by atoms with Crippen molar-refractivity contribution in [1.82, 2.24) is 14.8 Å². The van der Waals surface area contributed by atoms with Crippen LogP contribution in [0.25, 0.3) is 5.69 Å². The summed E-state index contributed by atoms with van der Waals surface area (Å²) in [6, 6.07) is 12.2. The average molecular weight is 437 g/mol. The number of methoxy groups -OCH3 is 1. The third-order valence-electron chi connectivity index (χ3n) is 5.32. The zero-order valence-electron chi connectivity index (χ0n) is 17.1. The first-order valence-electron chi connectivity index (χ1n) is 9.72. The van der Waals surface area contributed by atoms with Crippen molar-refractivity contribution in [2.24, 2.45) is 10.9 Å². The maximum absolute atomic E-state index is 12.2. The number of hydrogen-bond donors (Lipinski definition) is 1. The summed E-state index contributed by atoms with van der Waals surface area (Å²) in [6.45, 7) is 5.56. The summed E-state index contributed by atoms with van der Waals surface area (Å²) < 4.78 is 7.32. The summed E-state index contributed by atoms with van der Waals surface area (Å²) in [6.07, 6.45) is 1.83. The highest BCUT2D eigenvalue weighted by molar-refractivity contribution is 6.30. The van der Waals surface area contributed by atoms with Gasteiger partial charge in [0.2, 0.25) is 0 Å². The summed E-state index contributed by atoms with van der Waals surface area (Å²) >= 11 is 6.10. The molecule has 4 rings (SSSR count). The third kappa shape index (κ3) is 3.72. The van der Waals surface area contributed by atoms with Crippen LogP contribution in [0.15, 0.2) is 60.1 Å². The smallest absolute Gasteiger partial charge is 0.309 e. The minimum Gasteiger partial charge on any atom is -0.497 e. The molecule has 1 aliphatic rings. The largest absolute Gasteiger partial charge is 0.497 e. The highest BCUT2D eigenvalue weighted by atomic mass is 35.5. The number of rotatable bonds is 6. The van der Waals surface area contributed by atoms with Crippen LogP contribution in [0.5, 0.6) is 5.75 Å². The number of fused-ring (bicyclic) bond motifs is 3. The van der Waals surface area contributed by atoms with E-state index in [0.717, 1.165) is 16.8 Å². The number of aliphatic imine (C=N–C) groups is 1. The minimum atomic E-state index is -0.972. The van der Waals surface area contributed by atoms with Crippen LogP contribution in [0, 0.1) is 12.8 Å². The maximum Gasteiger partial charge on any atom is 0.309 e. The van der Waals surface area contributed by atoms with Crippen LogP contribution in [0.4, 0.5) is 0 Å². The molecule has 1 N–H and O–H groups in total. The van der Waals surface area contributed by atoms with Crippen molar-refractivity contribution < 1.29 is 14.6 Å². The summed E-state index contributed by atoms with van der Waals surface area (Å²) in [5, 5.41) is 19.1. The Balaban J connectivity index is 2.05. The fraction of sp³-hybridized carbons (Fsp3) is 0.217. The van der Waals surface area contributed by atoms with Gasteiger partial charge in [-0.2, -0.15) is 0 Å². The van der Waals surface area contributed by atoms with Crippen LogP contribution >= 0.6 is 11.6 Å². The molecule has 0 amide bonds. The number of benzene rings is 2. The van der Waals surface area contributed by atoms with Gasteiger partial charge in [0.15, 0.2) is 5.82 Å². The number of nitrogens with zero attached hydrogens (tertiary/aromatic N) is 4. The predicted octanol–water partition coefficient (Wildman–Crippen LogP) is 4.41. The molecule has 3 aromatic rings. The Morgan fingerprint density at radius 2 is 2.03 bits per heavy atom. The highest BCUT2D eigenvalue weighted by Crippen LogP contribution is 2.37. The lowest BCUT2D eigenvalue weighted by molar-refractivity contribution is -0.142. The molecule has 2 atom stereocenters. The van der Waals surface area contributed by atoms with Crippen LogP contribution in [0.3, 0.4) is 0 Å². The highest BCUT2D eigenvalue weighted by Gasteiger charge is 2.36. The van der Waals surface area contributed by atoms with Gasteiger partial charge >= 0.3 is 5.97 Å². The van der Waals surface area contributed by atoms with Crippen LogP contribution < -0.4 is 4.74 Å². The Morgan fingerprint density at radius 1 is 1.29 bits per heavy atom. The van der Waals surface area contributed by atoms with Gasteiger partial charge in [0, 0.05) is 16.1 Å². The molecule has 1 aliphatic heterocycles. The second-order valence-corrected chi connectivity index (χ2v) is 7.66. The first-order chi connectivity index (χ1) is 14.9. The van der Waals surface area contributed by atoms with Crippen molar-refractivity contribution in [2.75, 3.05) is 7.11 Å². The Labute approximate surface area is 184 Å². The molecule has 0 spiro atoms. The maximum atomic E-state index is 12.2. The molecule has 158 valence electrons. The third-order valence-corrected chi connectivity index (χ3v) is 5.57. The van der Waals surface area contributed by atoms with Crippen LogP contribution in [-0.4, -0.2) is 38.7 Å². The molecule has 0 aliphatic carbocycles. The van der Waals surface area contributed by atoms with E-state index < -0.39 is 17.9 Å². The van der Waals surface area contributed by atoms with Gasteiger partial charge in [0.05, 0.1) is 24.4 Å². The fourth-order valence-corrected chi connectivity index (χ4v) is 3.94. The van der Waals surface area contributed by atoms with Gasteiger partial charge in [0.1, 0.15) is 17.6 Å². The van der Waals surface area contributed by atoms with Crippen molar-refractivity contribution in [2.45, 2.75) is 19.4 Å². The van der Waals surface area contributed by atoms with E-state index >= 15 is 0 Å². The summed E-state index contributed by atoms with van der Waals surface area (Å²) in [7, 11) is 1.60. The van der Waals surface area contributed by atoms with Gasteiger partial charge < -0.3 is 9.84 Å². The molecule has 0 bridgehead atoms. The normalized spacial score (nSPS) is 15.8. The van der Waals surface area contributed by atoms with Crippen molar-refractivity contribution in [1.29, 1.82) is 0 Å². The SMILES string of the molecule is C=CC[C@@H](C(=O)O)[C@@H]1N=C(c2ccc(Cl)cc2)c2cc(OC)ccc2-n2c(C)nnc21. The van der Waals surface area contributed by atoms with E-state index in [1.807, 2.05) is 41.8 Å². The van der Waals surface area contributed by atoms with Crippen molar-refractivity contribution in [3.05, 3.63) is 82.9 Å². The number of allylic oxidation sites excluding steroid dienone is 1. The molecule has 0 saturated carbocycles. The van der Waals surface area contributed by atoms with Gasteiger partial charge in [0.25, 0.3) is 0 Å². The van der Waals surface area contributed by atoms with Gasteiger partial charge in [-0.25, -0.2) is 0 Å². The van der Waals surface area contributed by atoms with E-state index in [1.165, 1.54) is 0 Å².